The maximum absolute atomic E-state index is 12.1. The third-order valence-electron chi connectivity index (χ3n) is 2.48. The number of anilines is 1. The molecule has 0 saturated carbocycles. The number of carbonyl (C=O) groups is 1. The van der Waals surface area contributed by atoms with Crippen molar-refractivity contribution in [2.24, 2.45) is 0 Å². The maximum atomic E-state index is 12.1. The Morgan fingerprint density at radius 3 is 2.47 bits per heavy atom. The van der Waals surface area contributed by atoms with E-state index in [1.165, 1.54) is 0 Å². The van der Waals surface area contributed by atoms with E-state index in [2.05, 4.69) is 21.2 Å². The number of hydrogen-bond acceptors (Lipinski definition) is 1. The summed E-state index contributed by atoms with van der Waals surface area (Å²) < 4.78 is 0.729. The second-order valence-electron chi connectivity index (χ2n) is 4.10. The molecule has 0 aliphatic rings. The number of aryl methyl sites for hydroxylation is 1. The van der Waals surface area contributed by atoms with Crippen LogP contribution in [0.2, 0.25) is 10.0 Å². The van der Waals surface area contributed by atoms with Crippen molar-refractivity contribution in [1.82, 2.24) is 0 Å². The first-order valence-corrected chi connectivity index (χ1v) is 7.04. The molecule has 98 valence electrons. The van der Waals surface area contributed by atoms with Gasteiger partial charge in [0, 0.05) is 20.1 Å². The van der Waals surface area contributed by atoms with E-state index in [0.29, 0.717) is 21.3 Å². The summed E-state index contributed by atoms with van der Waals surface area (Å²) in [5.74, 6) is -0.214. The Kier molecular flexibility index (Phi) is 4.50. The molecule has 1 amide bonds. The third-order valence-corrected chi connectivity index (χ3v) is 3.59. The highest BCUT2D eigenvalue weighted by Gasteiger charge is 2.09. The lowest BCUT2D eigenvalue weighted by molar-refractivity contribution is 0.102. The number of rotatable bonds is 2. The number of amides is 1. The Hall–Kier alpha value is -1.03. The molecule has 0 aromatic heterocycles. The second-order valence-corrected chi connectivity index (χ2v) is 5.82. The summed E-state index contributed by atoms with van der Waals surface area (Å²) >= 11 is 15.1. The standard InChI is InChI=1S/C14H10BrCl2NO/c1-8-4-9(6-11(17)5-8)14(19)18-13-3-2-10(16)7-12(13)15/h2-7H,1H3,(H,18,19). The largest absolute Gasteiger partial charge is 0.321 e. The van der Waals surface area contributed by atoms with Crippen LogP contribution in [0.3, 0.4) is 0 Å². The van der Waals surface area contributed by atoms with Crippen LogP contribution in [0.15, 0.2) is 40.9 Å². The first kappa shape index (κ1) is 14.4. The fourth-order valence-corrected chi connectivity index (χ4v) is 2.72. The molecule has 5 heteroatoms. The van der Waals surface area contributed by atoms with Gasteiger partial charge in [-0.25, -0.2) is 0 Å². The van der Waals surface area contributed by atoms with Gasteiger partial charge in [-0.3, -0.25) is 4.79 Å². The number of nitrogens with one attached hydrogen (secondary N) is 1. The van der Waals surface area contributed by atoms with Gasteiger partial charge in [0.15, 0.2) is 0 Å². The van der Waals surface area contributed by atoms with E-state index in [1.54, 1.807) is 36.4 Å². The maximum Gasteiger partial charge on any atom is 0.255 e. The van der Waals surface area contributed by atoms with Crippen molar-refractivity contribution in [1.29, 1.82) is 0 Å². The molecule has 2 rings (SSSR count). The molecule has 2 nitrogen and oxygen atoms in total. The quantitative estimate of drug-likeness (QED) is 0.773. The fraction of sp³-hybridized carbons (Fsp3) is 0.0714. The minimum atomic E-state index is -0.214. The molecule has 0 bridgehead atoms. The highest BCUT2D eigenvalue weighted by Crippen LogP contribution is 2.26. The van der Waals surface area contributed by atoms with E-state index in [9.17, 15) is 4.79 Å². The first-order chi connectivity index (χ1) is 8.95. The first-order valence-electron chi connectivity index (χ1n) is 5.49. The van der Waals surface area contributed by atoms with E-state index < -0.39 is 0 Å². The molecule has 0 aliphatic carbocycles. The summed E-state index contributed by atoms with van der Waals surface area (Å²) in [4.78, 5) is 12.1. The lowest BCUT2D eigenvalue weighted by Crippen LogP contribution is -2.12. The normalized spacial score (nSPS) is 10.3. The van der Waals surface area contributed by atoms with E-state index >= 15 is 0 Å². The van der Waals surface area contributed by atoms with Crippen LogP contribution in [-0.2, 0) is 0 Å². The average Bonchev–Trinajstić information content (AvgIpc) is 2.31. The Morgan fingerprint density at radius 2 is 1.84 bits per heavy atom. The zero-order chi connectivity index (χ0) is 14.0. The van der Waals surface area contributed by atoms with Gasteiger partial charge in [-0.05, 0) is 64.8 Å². The summed E-state index contributed by atoms with van der Waals surface area (Å²) in [6.45, 7) is 1.89. The molecule has 19 heavy (non-hydrogen) atoms. The fourth-order valence-electron chi connectivity index (χ4n) is 1.65. The zero-order valence-corrected chi connectivity index (χ0v) is 13.1. The molecule has 0 fully saturated rings. The molecule has 0 radical (unpaired) electrons. The molecule has 2 aromatic carbocycles. The van der Waals surface area contributed by atoms with Crippen molar-refractivity contribution in [3.63, 3.8) is 0 Å². The third kappa shape index (κ3) is 3.72. The molecule has 0 heterocycles. The van der Waals surface area contributed by atoms with Crippen LogP contribution < -0.4 is 5.32 Å². The van der Waals surface area contributed by atoms with Crippen LogP contribution in [0, 0.1) is 6.92 Å². The zero-order valence-electron chi connectivity index (χ0n) is 10.0. The summed E-state index contributed by atoms with van der Waals surface area (Å²) in [5.41, 5.74) is 2.12. The van der Waals surface area contributed by atoms with Crippen molar-refractivity contribution in [2.45, 2.75) is 6.92 Å². The summed E-state index contributed by atoms with van der Waals surface area (Å²) in [6.07, 6.45) is 0. The number of benzene rings is 2. The van der Waals surface area contributed by atoms with Crippen molar-refractivity contribution < 1.29 is 4.79 Å². The topological polar surface area (TPSA) is 29.1 Å². The number of halogens is 3. The molecular weight excluding hydrogens is 349 g/mol. The smallest absolute Gasteiger partial charge is 0.255 e. The van der Waals surface area contributed by atoms with Gasteiger partial charge in [0.1, 0.15) is 0 Å². The Balaban J connectivity index is 2.25. The molecule has 0 unspecified atom stereocenters. The SMILES string of the molecule is Cc1cc(Cl)cc(C(=O)Nc2ccc(Cl)cc2Br)c1. The van der Waals surface area contributed by atoms with Crippen molar-refractivity contribution in [3.8, 4) is 0 Å². The van der Waals surface area contributed by atoms with Crippen LogP contribution >= 0.6 is 39.1 Å². The van der Waals surface area contributed by atoms with Gasteiger partial charge in [0.2, 0.25) is 0 Å². The number of hydrogen-bond donors (Lipinski definition) is 1. The Bertz CT molecular complexity index is 623. The highest BCUT2D eigenvalue weighted by atomic mass is 79.9. The molecule has 0 spiro atoms. The Labute approximate surface area is 129 Å². The van der Waals surface area contributed by atoms with Crippen LogP contribution in [0.1, 0.15) is 15.9 Å². The van der Waals surface area contributed by atoms with Crippen LogP contribution in [0.25, 0.3) is 0 Å². The lowest BCUT2D eigenvalue weighted by atomic mass is 10.1. The lowest BCUT2D eigenvalue weighted by Gasteiger charge is -2.08. The van der Waals surface area contributed by atoms with E-state index in [1.807, 2.05) is 6.92 Å². The monoisotopic (exact) mass is 357 g/mol. The van der Waals surface area contributed by atoms with Crippen LogP contribution in [0.4, 0.5) is 5.69 Å². The second kappa shape index (κ2) is 5.95. The van der Waals surface area contributed by atoms with E-state index in [-0.39, 0.29) is 5.91 Å². The van der Waals surface area contributed by atoms with Crippen LogP contribution in [0.5, 0.6) is 0 Å². The molecule has 0 saturated heterocycles. The Morgan fingerprint density at radius 1 is 1.11 bits per heavy atom. The van der Waals surface area contributed by atoms with Gasteiger partial charge < -0.3 is 5.32 Å². The van der Waals surface area contributed by atoms with Crippen molar-refractivity contribution in [3.05, 3.63) is 62.0 Å². The predicted molar refractivity (Wildman–Crippen MR) is 83.3 cm³/mol. The molecule has 1 N–H and O–H groups in total. The van der Waals surface area contributed by atoms with Crippen LogP contribution in [-0.4, -0.2) is 5.91 Å². The average molecular weight is 359 g/mol. The van der Waals surface area contributed by atoms with Gasteiger partial charge in [-0.15, -0.1) is 0 Å². The van der Waals surface area contributed by atoms with E-state index in [0.717, 1.165) is 10.0 Å². The summed E-state index contributed by atoms with van der Waals surface area (Å²) in [7, 11) is 0. The van der Waals surface area contributed by atoms with Gasteiger partial charge in [0.05, 0.1) is 5.69 Å². The number of carbonyl (C=O) groups excluding carboxylic acids is 1. The summed E-state index contributed by atoms with van der Waals surface area (Å²) in [6, 6.07) is 10.4. The molecule has 2 aromatic rings. The van der Waals surface area contributed by atoms with Gasteiger partial charge >= 0.3 is 0 Å². The summed E-state index contributed by atoms with van der Waals surface area (Å²) in [5, 5.41) is 3.95. The van der Waals surface area contributed by atoms with Crippen molar-refractivity contribution >= 4 is 50.7 Å². The highest BCUT2D eigenvalue weighted by molar-refractivity contribution is 9.10. The molecular formula is C14H10BrCl2NO. The van der Waals surface area contributed by atoms with E-state index in [4.69, 9.17) is 23.2 Å². The van der Waals surface area contributed by atoms with Gasteiger partial charge in [-0.2, -0.15) is 0 Å². The van der Waals surface area contributed by atoms with Crippen molar-refractivity contribution in [2.75, 3.05) is 5.32 Å². The minimum absolute atomic E-state index is 0.214. The molecule has 0 aliphatic heterocycles. The van der Waals surface area contributed by atoms with Gasteiger partial charge in [-0.1, -0.05) is 23.2 Å². The minimum Gasteiger partial charge on any atom is -0.321 e. The van der Waals surface area contributed by atoms with Gasteiger partial charge in [0.25, 0.3) is 5.91 Å². The predicted octanol–water partition coefficient (Wildman–Crippen LogP) is 5.32. The molecule has 0 atom stereocenters.